The molecule has 0 bridgehead atoms. The molecule has 6 heteroatoms. The maximum absolute atomic E-state index is 12.2. The first-order chi connectivity index (χ1) is 11.1. The lowest BCUT2D eigenvalue weighted by Crippen LogP contribution is -2.25. The van der Waals surface area contributed by atoms with Crippen LogP contribution in [0.2, 0.25) is 0 Å². The number of rotatable bonds is 7. The lowest BCUT2D eigenvalue weighted by molar-refractivity contribution is -0.0498. The minimum atomic E-state index is -2.94. The summed E-state index contributed by atoms with van der Waals surface area (Å²) in [5.41, 5.74) is 0.992. The second-order valence-corrected chi connectivity index (χ2v) is 4.88. The molecule has 0 radical (unpaired) electrons. The van der Waals surface area contributed by atoms with Crippen molar-refractivity contribution in [2.75, 3.05) is 6.54 Å². The van der Waals surface area contributed by atoms with E-state index in [2.05, 4.69) is 10.1 Å². The van der Waals surface area contributed by atoms with E-state index in [0.29, 0.717) is 6.42 Å². The van der Waals surface area contributed by atoms with Crippen LogP contribution in [0.3, 0.4) is 0 Å². The molecule has 4 nitrogen and oxygen atoms in total. The highest BCUT2D eigenvalue weighted by Crippen LogP contribution is 2.17. The van der Waals surface area contributed by atoms with E-state index in [1.54, 1.807) is 12.1 Å². The number of hydrogen-bond donors (Lipinski definition) is 2. The number of aliphatic hydroxyl groups excluding tert-OH is 1. The van der Waals surface area contributed by atoms with Gasteiger partial charge in [-0.3, -0.25) is 4.79 Å². The van der Waals surface area contributed by atoms with E-state index >= 15 is 0 Å². The van der Waals surface area contributed by atoms with E-state index in [4.69, 9.17) is 0 Å². The minimum absolute atomic E-state index is 0.0722. The predicted molar refractivity (Wildman–Crippen MR) is 81.4 cm³/mol. The van der Waals surface area contributed by atoms with Crippen LogP contribution in [0.1, 0.15) is 28.4 Å². The van der Waals surface area contributed by atoms with Crippen LogP contribution in [0.4, 0.5) is 8.78 Å². The third-order valence-electron chi connectivity index (χ3n) is 3.21. The maximum atomic E-state index is 12.2. The molecule has 0 aliphatic heterocycles. The van der Waals surface area contributed by atoms with E-state index in [1.165, 1.54) is 24.3 Å². The summed E-state index contributed by atoms with van der Waals surface area (Å²) in [6, 6.07) is 14.7. The van der Waals surface area contributed by atoms with Gasteiger partial charge in [-0.25, -0.2) is 0 Å². The fourth-order valence-electron chi connectivity index (χ4n) is 2.08. The molecule has 1 unspecified atom stereocenters. The molecule has 0 aromatic heterocycles. The van der Waals surface area contributed by atoms with Crippen molar-refractivity contribution in [3.05, 3.63) is 65.7 Å². The number of hydrogen-bond acceptors (Lipinski definition) is 3. The highest BCUT2D eigenvalue weighted by Gasteiger charge is 2.11. The van der Waals surface area contributed by atoms with Gasteiger partial charge >= 0.3 is 6.61 Å². The molecule has 2 aromatic rings. The maximum Gasteiger partial charge on any atom is 0.387 e. The van der Waals surface area contributed by atoms with E-state index in [-0.39, 0.29) is 17.9 Å². The summed E-state index contributed by atoms with van der Waals surface area (Å²) in [6.07, 6.45) is -0.326. The monoisotopic (exact) mass is 321 g/mol. The number of nitrogens with one attached hydrogen (secondary N) is 1. The van der Waals surface area contributed by atoms with Crippen LogP contribution >= 0.6 is 0 Å². The Morgan fingerprint density at radius 3 is 2.57 bits per heavy atom. The Bertz CT molecular complexity index is 635. The van der Waals surface area contributed by atoms with Crippen LogP contribution in [-0.2, 0) is 0 Å². The number of benzene rings is 2. The van der Waals surface area contributed by atoms with Gasteiger partial charge in [-0.1, -0.05) is 36.4 Å². The Kier molecular flexibility index (Phi) is 6.05. The lowest BCUT2D eigenvalue weighted by Gasteiger charge is -2.12. The standard InChI is InChI=1S/C17H17F2NO3/c18-17(19)23-14-8-4-7-13(11-14)16(22)20-10-9-15(21)12-5-2-1-3-6-12/h1-8,11,15,17,21H,9-10H2,(H,20,22). The summed E-state index contributed by atoms with van der Waals surface area (Å²) in [5.74, 6) is -0.484. The molecule has 1 atom stereocenters. The third kappa shape index (κ3) is 5.34. The summed E-state index contributed by atoms with van der Waals surface area (Å²) < 4.78 is 28.6. The van der Waals surface area contributed by atoms with Gasteiger partial charge in [0.15, 0.2) is 0 Å². The number of alkyl halides is 2. The van der Waals surface area contributed by atoms with Crippen molar-refractivity contribution >= 4 is 5.91 Å². The number of carbonyl (C=O) groups is 1. The van der Waals surface area contributed by atoms with Crippen LogP contribution in [0, 0.1) is 0 Å². The quantitative estimate of drug-likeness (QED) is 0.824. The molecule has 2 aromatic carbocycles. The highest BCUT2D eigenvalue weighted by atomic mass is 19.3. The molecule has 122 valence electrons. The van der Waals surface area contributed by atoms with Crippen molar-refractivity contribution in [1.82, 2.24) is 5.32 Å². The molecule has 0 saturated carbocycles. The smallest absolute Gasteiger partial charge is 0.387 e. The van der Waals surface area contributed by atoms with Gasteiger partial charge in [-0.2, -0.15) is 8.78 Å². The molecule has 0 aliphatic rings. The Hall–Kier alpha value is -2.47. The van der Waals surface area contributed by atoms with Crippen LogP contribution in [0.15, 0.2) is 54.6 Å². The normalized spacial score (nSPS) is 12.0. The Balaban J connectivity index is 1.85. The molecule has 0 spiro atoms. The fraction of sp³-hybridized carbons (Fsp3) is 0.235. The summed E-state index contributed by atoms with van der Waals surface area (Å²) >= 11 is 0. The van der Waals surface area contributed by atoms with Gasteiger partial charge in [-0.05, 0) is 30.2 Å². The first-order valence-corrected chi connectivity index (χ1v) is 7.12. The van der Waals surface area contributed by atoms with Crippen LogP contribution in [0.25, 0.3) is 0 Å². The number of aliphatic hydroxyl groups is 1. The number of halogens is 2. The molecule has 0 saturated heterocycles. The summed E-state index contributed by atoms with van der Waals surface area (Å²) in [6.45, 7) is -2.68. The van der Waals surface area contributed by atoms with Crippen molar-refractivity contribution in [2.45, 2.75) is 19.1 Å². The largest absolute Gasteiger partial charge is 0.435 e. The fourth-order valence-corrected chi connectivity index (χ4v) is 2.08. The van der Waals surface area contributed by atoms with Crippen LogP contribution in [0.5, 0.6) is 5.75 Å². The van der Waals surface area contributed by atoms with Crippen molar-refractivity contribution < 1.29 is 23.4 Å². The first kappa shape index (κ1) is 16.9. The van der Waals surface area contributed by atoms with Crippen molar-refractivity contribution in [1.29, 1.82) is 0 Å². The topological polar surface area (TPSA) is 58.6 Å². The molecular formula is C17H17F2NO3. The van der Waals surface area contributed by atoms with Crippen LogP contribution < -0.4 is 10.1 Å². The van der Waals surface area contributed by atoms with Gasteiger partial charge in [0, 0.05) is 12.1 Å². The number of ether oxygens (including phenoxy) is 1. The second-order valence-electron chi connectivity index (χ2n) is 4.88. The zero-order valence-corrected chi connectivity index (χ0v) is 12.3. The van der Waals surface area contributed by atoms with Gasteiger partial charge in [0.25, 0.3) is 5.91 Å². The van der Waals surface area contributed by atoms with Crippen molar-refractivity contribution in [2.24, 2.45) is 0 Å². The highest BCUT2D eigenvalue weighted by molar-refractivity contribution is 5.94. The minimum Gasteiger partial charge on any atom is -0.435 e. The SMILES string of the molecule is O=C(NCCC(O)c1ccccc1)c1cccc(OC(F)F)c1. The van der Waals surface area contributed by atoms with Gasteiger partial charge in [0.1, 0.15) is 5.75 Å². The Morgan fingerprint density at radius 1 is 1.13 bits per heavy atom. The number of carbonyl (C=O) groups excluding carboxylic acids is 1. The van der Waals surface area contributed by atoms with Crippen molar-refractivity contribution in [3.8, 4) is 5.75 Å². The third-order valence-corrected chi connectivity index (χ3v) is 3.21. The zero-order valence-electron chi connectivity index (χ0n) is 12.3. The summed E-state index contributed by atoms with van der Waals surface area (Å²) in [5, 5.41) is 12.6. The average Bonchev–Trinajstić information content (AvgIpc) is 2.55. The molecule has 2 rings (SSSR count). The van der Waals surface area contributed by atoms with E-state index in [9.17, 15) is 18.7 Å². The van der Waals surface area contributed by atoms with Crippen molar-refractivity contribution in [3.63, 3.8) is 0 Å². The Morgan fingerprint density at radius 2 is 1.87 bits per heavy atom. The molecule has 2 N–H and O–H groups in total. The summed E-state index contributed by atoms with van der Waals surface area (Å²) in [4.78, 5) is 12.0. The van der Waals surface area contributed by atoms with E-state index in [1.807, 2.05) is 18.2 Å². The molecule has 0 aliphatic carbocycles. The van der Waals surface area contributed by atoms with Gasteiger partial charge in [0.05, 0.1) is 6.10 Å². The molecule has 0 fully saturated rings. The van der Waals surface area contributed by atoms with Gasteiger partial charge in [0.2, 0.25) is 0 Å². The molecule has 23 heavy (non-hydrogen) atoms. The van der Waals surface area contributed by atoms with E-state index < -0.39 is 18.6 Å². The van der Waals surface area contributed by atoms with Crippen LogP contribution in [-0.4, -0.2) is 24.2 Å². The van der Waals surface area contributed by atoms with Gasteiger partial charge < -0.3 is 15.2 Å². The van der Waals surface area contributed by atoms with Gasteiger partial charge in [-0.15, -0.1) is 0 Å². The van der Waals surface area contributed by atoms with E-state index in [0.717, 1.165) is 5.56 Å². The average molecular weight is 321 g/mol. The second kappa shape index (κ2) is 8.24. The Labute approximate surface area is 132 Å². The molecule has 0 heterocycles. The molecular weight excluding hydrogens is 304 g/mol. The summed E-state index contributed by atoms with van der Waals surface area (Å²) in [7, 11) is 0. The lowest BCUT2D eigenvalue weighted by atomic mass is 10.1. The zero-order chi connectivity index (χ0) is 16.7. The first-order valence-electron chi connectivity index (χ1n) is 7.12. The predicted octanol–water partition coefficient (Wildman–Crippen LogP) is 3.14. The molecule has 1 amide bonds. The number of amides is 1.